The Bertz CT molecular complexity index is 303. The van der Waals surface area contributed by atoms with E-state index < -0.39 is 12.0 Å². The van der Waals surface area contributed by atoms with Gasteiger partial charge in [-0.05, 0) is 12.0 Å². The summed E-state index contributed by atoms with van der Waals surface area (Å²) in [6.45, 7) is 1.94. The lowest BCUT2D eigenvalue weighted by atomic mass is 9.90. The predicted molar refractivity (Wildman–Crippen MR) is 62.3 cm³/mol. The van der Waals surface area contributed by atoms with E-state index >= 15 is 0 Å². The fourth-order valence-corrected chi connectivity index (χ4v) is 1.57. The first kappa shape index (κ1) is 13.9. The fraction of sp³-hybridized carbons (Fsp3) is 0.364. The first-order chi connectivity index (χ1) is 6.66. The highest BCUT2D eigenvalue weighted by molar-refractivity contribution is 5.85. The van der Waals surface area contributed by atoms with Gasteiger partial charge in [-0.15, -0.1) is 12.4 Å². The average Bonchev–Trinajstić information content (AvgIpc) is 2.20. The second kappa shape index (κ2) is 6.43. The maximum absolute atomic E-state index is 10.7. The lowest BCUT2D eigenvalue weighted by Crippen LogP contribution is -2.36. The first-order valence-electron chi connectivity index (χ1n) is 4.70. The van der Waals surface area contributed by atoms with Gasteiger partial charge in [0.1, 0.15) is 6.04 Å². The molecule has 0 aliphatic heterocycles. The molecule has 0 saturated carbocycles. The minimum atomic E-state index is -0.944. The molecule has 0 aliphatic carbocycles. The van der Waals surface area contributed by atoms with E-state index in [1.54, 1.807) is 0 Å². The Hall–Kier alpha value is -1.06. The average molecular weight is 230 g/mol. The van der Waals surface area contributed by atoms with E-state index in [0.717, 1.165) is 12.0 Å². The number of hydrogen-bond acceptors (Lipinski definition) is 2. The molecular formula is C11H16ClNO2. The number of benzene rings is 1. The molecule has 15 heavy (non-hydrogen) atoms. The van der Waals surface area contributed by atoms with Crippen LogP contribution in [0.3, 0.4) is 0 Å². The van der Waals surface area contributed by atoms with E-state index in [2.05, 4.69) is 0 Å². The number of hydrogen-bond donors (Lipinski definition) is 2. The molecule has 0 heterocycles. The Balaban J connectivity index is 0.00000196. The third kappa shape index (κ3) is 3.53. The van der Waals surface area contributed by atoms with Crippen LogP contribution in [0.4, 0.5) is 0 Å². The van der Waals surface area contributed by atoms with Crippen molar-refractivity contribution in [1.29, 1.82) is 0 Å². The van der Waals surface area contributed by atoms with Gasteiger partial charge < -0.3 is 10.8 Å². The summed E-state index contributed by atoms with van der Waals surface area (Å²) >= 11 is 0. The standard InChI is InChI=1S/C11H15NO2.ClH/c1-2-9(10(12)11(13)14)8-6-4-3-5-7-8;/h3-7,9-10H,2,12H2,1H3,(H,13,14);1H. The smallest absolute Gasteiger partial charge is 0.321 e. The highest BCUT2D eigenvalue weighted by Crippen LogP contribution is 2.21. The molecule has 4 heteroatoms. The summed E-state index contributed by atoms with van der Waals surface area (Å²) in [5.41, 5.74) is 6.59. The minimum Gasteiger partial charge on any atom is -0.480 e. The predicted octanol–water partition coefficient (Wildman–Crippen LogP) is 2.01. The van der Waals surface area contributed by atoms with Gasteiger partial charge in [0.05, 0.1) is 0 Å². The molecule has 3 nitrogen and oxygen atoms in total. The van der Waals surface area contributed by atoms with Crippen molar-refractivity contribution >= 4 is 18.4 Å². The number of carboxylic acid groups (broad SMARTS) is 1. The summed E-state index contributed by atoms with van der Waals surface area (Å²) in [7, 11) is 0. The second-order valence-corrected chi connectivity index (χ2v) is 3.29. The SMILES string of the molecule is CCC(c1ccccc1)C(N)C(=O)O.Cl. The molecule has 0 spiro atoms. The van der Waals surface area contributed by atoms with Crippen LogP contribution in [-0.4, -0.2) is 17.1 Å². The Morgan fingerprint density at radius 2 is 1.93 bits per heavy atom. The molecule has 1 rings (SSSR count). The first-order valence-corrected chi connectivity index (χ1v) is 4.70. The molecule has 3 N–H and O–H groups in total. The molecule has 2 unspecified atom stereocenters. The maximum atomic E-state index is 10.7. The normalized spacial score (nSPS) is 13.7. The third-order valence-corrected chi connectivity index (χ3v) is 2.39. The van der Waals surface area contributed by atoms with Crippen LogP contribution in [-0.2, 0) is 4.79 Å². The third-order valence-electron chi connectivity index (χ3n) is 2.39. The topological polar surface area (TPSA) is 63.3 Å². The largest absolute Gasteiger partial charge is 0.480 e. The molecule has 0 aliphatic rings. The van der Waals surface area contributed by atoms with Crippen molar-refractivity contribution in [3.05, 3.63) is 35.9 Å². The maximum Gasteiger partial charge on any atom is 0.321 e. The van der Waals surface area contributed by atoms with Crippen LogP contribution in [0.5, 0.6) is 0 Å². The number of carboxylic acids is 1. The van der Waals surface area contributed by atoms with Crippen LogP contribution in [0, 0.1) is 0 Å². The van der Waals surface area contributed by atoms with Gasteiger partial charge in [-0.3, -0.25) is 4.79 Å². The van der Waals surface area contributed by atoms with Crippen LogP contribution in [0.1, 0.15) is 24.8 Å². The number of halogens is 1. The number of aliphatic carboxylic acids is 1. The number of nitrogens with two attached hydrogens (primary N) is 1. The van der Waals surface area contributed by atoms with Gasteiger partial charge in [0.15, 0.2) is 0 Å². The Kier molecular flexibility index (Phi) is 5.97. The molecule has 2 atom stereocenters. The van der Waals surface area contributed by atoms with Gasteiger partial charge in [-0.1, -0.05) is 37.3 Å². The highest BCUT2D eigenvalue weighted by Gasteiger charge is 2.23. The van der Waals surface area contributed by atoms with Crippen molar-refractivity contribution in [3.8, 4) is 0 Å². The van der Waals surface area contributed by atoms with Crippen LogP contribution < -0.4 is 5.73 Å². The molecular weight excluding hydrogens is 214 g/mol. The zero-order chi connectivity index (χ0) is 10.6. The van der Waals surface area contributed by atoms with Crippen molar-refractivity contribution in [2.45, 2.75) is 25.3 Å². The van der Waals surface area contributed by atoms with Crippen molar-refractivity contribution in [2.75, 3.05) is 0 Å². The lowest BCUT2D eigenvalue weighted by molar-refractivity contribution is -0.139. The van der Waals surface area contributed by atoms with Gasteiger partial charge in [0.25, 0.3) is 0 Å². The molecule has 84 valence electrons. The summed E-state index contributed by atoms with van der Waals surface area (Å²) in [6, 6.07) is 8.71. The Morgan fingerprint density at radius 3 is 2.33 bits per heavy atom. The van der Waals surface area contributed by atoms with Crippen LogP contribution >= 0.6 is 12.4 Å². The number of rotatable bonds is 4. The van der Waals surface area contributed by atoms with Gasteiger partial charge in [-0.2, -0.15) is 0 Å². The highest BCUT2D eigenvalue weighted by atomic mass is 35.5. The summed E-state index contributed by atoms with van der Waals surface area (Å²) in [5.74, 6) is -1.05. The van der Waals surface area contributed by atoms with E-state index in [-0.39, 0.29) is 18.3 Å². The van der Waals surface area contributed by atoms with Crippen molar-refractivity contribution < 1.29 is 9.90 Å². The quantitative estimate of drug-likeness (QED) is 0.830. The molecule has 0 radical (unpaired) electrons. The minimum absolute atomic E-state index is 0. The van der Waals surface area contributed by atoms with Crippen LogP contribution in [0.15, 0.2) is 30.3 Å². The second-order valence-electron chi connectivity index (χ2n) is 3.29. The number of carbonyl (C=O) groups is 1. The summed E-state index contributed by atoms with van der Waals surface area (Å²) in [4.78, 5) is 10.7. The van der Waals surface area contributed by atoms with Gasteiger partial charge in [0.2, 0.25) is 0 Å². The van der Waals surface area contributed by atoms with E-state index in [1.807, 2.05) is 37.3 Å². The van der Waals surface area contributed by atoms with Crippen molar-refractivity contribution in [2.24, 2.45) is 5.73 Å². The molecule has 1 aromatic rings. The van der Waals surface area contributed by atoms with Crippen LogP contribution in [0.25, 0.3) is 0 Å². The van der Waals surface area contributed by atoms with E-state index in [1.165, 1.54) is 0 Å². The summed E-state index contributed by atoms with van der Waals surface area (Å²) < 4.78 is 0. The zero-order valence-electron chi connectivity index (χ0n) is 8.59. The Morgan fingerprint density at radius 1 is 1.40 bits per heavy atom. The fourth-order valence-electron chi connectivity index (χ4n) is 1.57. The van der Waals surface area contributed by atoms with Gasteiger partial charge >= 0.3 is 5.97 Å². The van der Waals surface area contributed by atoms with E-state index in [4.69, 9.17) is 10.8 Å². The Labute approximate surface area is 95.7 Å². The molecule has 0 amide bonds. The summed E-state index contributed by atoms with van der Waals surface area (Å²) in [5, 5.41) is 8.82. The lowest BCUT2D eigenvalue weighted by Gasteiger charge is -2.19. The van der Waals surface area contributed by atoms with Crippen molar-refractivity contribution in [3.63, 3.8) is 0 Å². The van der Waals surface area contributed by atoms with E-state index in [0.29, 0.717) is 0 Å². The van der Waals surface area contributed by atoms with Gasteiger partial charge in [0, 0.05) is 5.92 Å². The molecule has 0 fully saturated rings. The van der Waals surface area contributed by atoms with Crippen molar-refractivity contribution in [1.82, 2.24) is 0 Å². The zero-order valence-corrected chi connectivity index (χ0v) is 9.41. The molecule has 0 bridgehead atoms. The molecule has 0 saturated heterocycles. The van der Waals surface area contributed by atoms with Crippen LogP contribution in [0.2, 0.25) is 0 Å². The summed E-state index contributed by atoms with van der Waals surface area (Å²) in [6.07, 6.45) is 0.734. The monoisotopic (exact) mass is 229 g/mol. The van der Waals surface area contributed by atoms with Gasteiger partial charge in [-0.25, -0.2) is 0 Å². The van der Waals surface area contributed by atoms with E-state index in [9.17, 15) is 4.79 Å². The molecule has 1 aromatic carbocycles. The molecule has 0 aromatic heterocycles.